The lowest BCUT2D eigenvalue weighted by Crippen LogP contribution is -2.35. The van der Waals surface area contributed by atoms with Crippen molar-refractivity contribution < 1.29 is 4.79 Å². The van der Waals surface area contributed by atoms with Crippen LogP contribution in [-0.2, 0) is 4.79 Å². The summed E-state index contributed by atoms with van der Waals surface area (Å²) in [4.78, 5) is 13.9. The lowest BCUT2D eigenvalue weighted by molar-refractivity contribution is -0.133. The maximum Gasteiger partial charge on any atom is 0.222 e. The molecule has 2 heteroatoms. The molecule has 0 aromatic heterocycles. The van der Waals surface area contributed by atoms with Gasteiger partial charge in [0, 0.05) is 19.5 Å². The van der Waals surface area contributed by atoms with Gasteiger partial charge in [0.25, 0.3) is 0 Å². The van der Waals surface area contributed by atoms with Crippen molar-refractivity contribution in [2.75, 3.05) is 13.1 Å². The van der Waals surface area contributed by atoms with Crippen LogP contribution in [0.25, 0.3) is 0 Å². The molecule has 0 atom stereocenters. The number of unbranched alkanes of at least 4 members (excludes halogenated alkanes) is 26. The van der Waals surface area contributed by atoms with E-state index in [1.54, 1.807) is 0 Å². The monoisotopic (exact) mass is 506 g/mol. The third-order valence-corrected chi connectivity index (χ3v) is 8.45. The van der Waals surface area contributed by atoms with Crippen LogP contribution in [0.5, 0.6) is 0 Å². The number of carbonyl (C=O) groups is 1. The fraction of sp³-hybridized carbons (Fsp3) is 0.971. The molecule has 1 aliphatic heterocycles. The normalized spacial score (nSPS) is 14.1. The average molecular weight is 506 g/mol. The van der Waals surface area contributed by atoms with E-state index in [0.717, 1.165) is 25.9 Å². The van der Waals surface area contributed by atoms with Crippen LogP contribution in [0.2, 0.25) is 0 Å². The molecule has 1 rings (SSSR count). The Labute approximate surface area is 228 Å². The SMILES string of the molecule is CCCCCCCCCCCCCCCCCCCCCCCCCCCCCN1CCCCC1=O. The molecule has 0 N–H and O–H groups in total. The summed E-state index contributed by atoms with van der Waals surface area (Å²) < 4.78 is 0. The largest absolute Gasteiger partial charge is 0.343 e. The van der Waals surface area contributed by atoms with Gasteiger partial charge < -0.3 is 4.90 Å². The number of rotatable bonds is 28. The molecule has 0 aromatic carbocycles. The highest BCUT2D eigenvalue weighted by Gasteiger charge is 2.16. The molecular formula is C34H67NO. The summed E-state index contributed by atoms with van der Waals surface area (Å²) in [7, 11) is 0. The maximum atomic E-state index is 11.8. The summed E-state index contributed by atoms with van der Waals surface area (Å²) >= 11 is 0. The van der Waals surface area contributed by atoms with E-state index in [2.05, 4.69) is 11.8 Å². The van der Waals surface area contributed by atoms with Crippen LogP contribution in [0, 0.1) is 0 Å². The number of nitrogens with zero attached hydrogens (tertiary/aromatic N) is 1. The second-order valence-electron chi connectivity index (χ2n) is 12.0. The zero-order chi connectivity index (χ0) is 25.8. The fourth-order valence-electron chi connectivity index (χ4n) is 5.89. The maximum absolute atomic E-state index is 11.8. The smallest absolute Gasteiger partial charge is 0.222 e. The summed E-state index contributed by atoms with van der Waals surface area (Å²) in [5.41, 5.74) is 0. The molecule has 0 unspecified atom stereocenters. The standard InChI is InChI=1S/C34H67NO/c1-2-3-4-5-6-7-8-9-10-11-12-13-14-15-16-17-18-19-20-21-22-23-24-25-26-27-29-32-35-33-30-28-31-34(35)36/h2-33H2,1H3. The number of hydrogen-bond acceptors (Lipinski definition) is 1. The van der Waals surface area contributed by atoms with Gasteiger partial charge in [-0.2, -0.15) is 0 Å². The topological polar surface area (TPSA) is 20.3 Å². The molecular weight excluding hydrogens is 438 g/mol. The van der Waals surface area contributed by atoms with Gasteiger partial charge in [-0.3, -0.25) is 4.79 Å². The minimum Gasteiger partial charge on any atom is -0.343 e. The molecule has 0 bridgehead atoms. The number of piperidine rings is 1. The molecule has 0 saturated carbocycles. The van der Waals surface area contributed by atoms with E-state index in [1.165, 1.54) is 180 Å². The molecule has 1 heterocycles. The molecule has 2 nitrogen and oxygen atoms in total. The van der Waals surface area contributed by atoms with Crippen molar-refractivity contribution in [1.82, 2.24) is 4.90 Å². The third kappa shape index (κ3) is 22.7. The molecule has 1 amide bonds. The van der Waals surface area contributed by atoms with E-state index in [-0.39, 0.29) is 0 Å². The summed E-state index contributed by atoms with van der Waals surface area (Å²) in [6.45, 7) is 4.33. The van der Waals surface area contributed by atoms with E-state index in [9.17, 15) is 4.79 Å². The van der Waals surface area contributed by atoms with Crippen molar-refractivity contribution >= 4 is 5.91 Å². The van der Waals surface area contributed by atoms with Gasteiger partial charge in [0.2, 0.25) is 5.91 Å². The Hall–Kier alpha value is -0.530. The minimum absolute atomic E-state index is 0.399. The summed E-state index contributed by atoms with van der Waals surface area (Å²) in [5.74, 6) is 0.399. The van der Waals surface area contributed by atoms with Gasteiger partial charge in [-0.25, -0.2) is 0 Å². The van der Waals surface area contributed by atoms with Gasteiger partial charge in [-0.15, -0.1) is 0 Å². The van der Waals surface area contributed by atoms with Gasteiger partial charge >= 0.3 is 0 Å². The summed E-state index contributed by atoms with van der Waals surface area (Å²) in [5, 5.41) is 0. The first kappa shape index (κ1) is 33.5. The highest BCUT2D eigenvalue weighted by Crippen LogP contribution is 2.17. The van der Waals surface area contributed by atoms with E-state index < -0.39 is 0 Å². The van der Waals surface area contributed by atoms with Gasteiger partial charge in [-0.1, -0.05) is 174 Å². The van der Waals surface area contributed by atoms with E-state index >= 15 is 0 Å². The zero-order valence-electron chi connectivity index (χ0n) is 25.0. The first-order valence-corrected chi connectivity index (χ1v) is 17.1. The molecule has 1 saturated heterocycles. The van der Waals surface area contributed by atoms with E-state index in [1.807, 2.05) is 0 Å². The van der Waals surface area contributed by atoms with Crippen LogP contribution in [0.4, 0.5) is 0 Å². The summed E-state index contributed by atoms with van der Waals surface area (Å²) in [6.07, 6.45) is 42.0. The van der Waals surface area contributed by atoms with E-state index in [4.69, 9.17) is 0 Å². The lowest BCUT2D eigenvalue weighted by atomic mass is 10.0. The molecule has 0 radical (unpaired) electrons. The molecule has 0 aromatic rings. The Balaban J connectivity index is 1.64. The highest BCUT2D eigenvalue weighted by molar-refractivity contribution is 5.76. The molecule has 0 spiro atoms. The summed E-state index contributed by atoms with van der Waals surface area (Å²) in [6, 6.07) is 0. The molecule has 1 fully saturated rings. The number of carbonyl (C=O) groups excluding carboxylic acids is 1. The third-order valence-electron chi connectivity index (χ3n) is 8.45. The van der Waals surface area contributed by atoms with Crippen molar-refractivity contribution in [3.8, 4) is 0 Å². The fourth-order valence-corrected chi connectivity index (χ4v) is 5.89. The van der Waals surface area contributed by atoms with Crippen molar-refractivity contribution in [2.45, 2.75) is 200 Å². The van der Waals surface area contributed by atoms with Crippen molar-refractivity contribution in [2.24, 2.45) is 0 Å². The van der Waals surface area contributed by atoms with Crippen molar-refractivity contribution in [3.63, 3.8) is 0 Å². The number of likely N-dealkylation sites (tertiary alicyclic amines) is 1. The number of hydrogen-bond donors (Lipinski definition) is 0. The second-order valence-corrected chi connectivity index (χ2v) is 12.0. The first-order valence-electron chi connectivity index (χ1n) is 17.1. The van der Waals surface area contributed by atoms with Crippen LogP contribution in [-0.4, -0.2) is 23.9 Å². The van der Waals surface area contributed by atoms with Crippen LogP contribution in [0.1, 0.15) is 200 Å². The zero-order valence-corrected chi connectivity index (χ0v) is 25.0. The lowest BCUT2D eigenvalue weighted by Gasteiger charge is -2.26. The van der Waals surface area contributed by atoms with Gasteiger partial charge in [0.05, 0.1) is 0 Å². The second kappa shape index (κ2) is 27.5. The van der Waals surface area contributed by atoms with Crippen molar-refractivity contribution in [1.29, 1.82) is 0 Å². The molecule has 1 aliphatic rings. The van der Waals surface area contributed by atoms with Crippen LogP contribution >= 0.6 is 0 Å². The Bertz CT molecular complexity index is 448. The quantitative estimate of drug-likeness (QED) is 0.0968. The predicted octanol–water partition coefficient (Wildman–Crippen LogP) is 11.6. The van der Waals surface area contributed by atoms with Gasteiger partial charge in [0.15, 0.2) is 0 Å². The Kier molecular flexibility index (Phi) is 25.6. The van der Waals surface area contributed by atoms with Crippen LogP contribution in [0.3, 0.4) is 0 Å². The number of amides is 1. The molecule has 0 aliphatic carbocycles. The average Bonchev–Trinajstić information content (AvgIpc) is 2.89. The van der Waals surface area contributed by atoms with Crippen LogP contribution in [0.15, 0.2) is 0 Å². The minimum atomic E-state index is 0.399. The molecule has 214 valence electrons. The molecule has 36 heavy (non-hydrogen) atoms. The Morgan fingerprint density at radius 2 is 0.750 bits per heavy atom. The Morgan fingerprint density at radius 3 is 1.06 bits per heavy atom. The van der Waals surface area contributed by atoms with E-state index in [0.29, 0.717) is 5.91 Å². The van der Waals surface area contributed by atoms with Crippen LogP contribution < -0.4 is 0 Å². The van der Waals surface area contributed by atoms with Gasteiger partial charge in [-0.05, 0) is 19.3 Å². The highest BCUT2D eigenvalue weighted by atomic mass is 16.2. The van der Waals surface area contributed by atoms with Gasteiger partial charge in [0.1, 0.15) is 0 Å². The Morgan fingerprint density at radius 1 is 0.444 bits per heavy atom. The first-order chi connectivity index (χ1) is 17.8. The predicted molar refractivity (Wildman–Crippen MR) is 161 cm³/mol. The van der Waals surface area contributed by atoms with Crippen molar-refractivity contribution in [3.05, 3.63) is 0 Å².